The third kappa shape index (κ3) is 6.99. The molecule has 1 aromatic rings. The number of aryl methyl sites for hydroxylation is 1. The van der Waals surface area contributed by atoms with Crippen LogP contribution in [0.25, 0.3) is 0 Å². The Bertz CT molecular complexity index is 389. The lowest BCUT2D eigenvalue weighted by Gasteiger charge is -2.16. The maximum Gasteiger partial charge on any atom is 0.125 e. The molecule has 0 aliphatic carbocycles. The van der Waals surface area contributed by atoms with Crippen molar-refractivity contribution in [1.82, 2.24) is 0 Å². The second-order valence-electron chi connectivity index (χ2n) is 6.05. The standard InChI is InChI=1S/C19H33NO/c1-4-6-7-8-9-10-14-21-19-16(3)12-11-13-17(19)15-18(20)5-2/h11-13,18H,4-10,14-15,20H2,1-3H3. The Morgan fingerprint density at radius 2 is 1.76 bits per heavy atom. The van der Waals surface area contributed by atoms with Crippen LogP contribution in [-0.2, 0) is 6.42 Å². The molecule has 0 bridgehead atoms. The van der Waals surface area contributed by atoms with E-state index in [0.29, 0.717) is 0 Å². The van der Waals surface area contributed by atoms with Crippen LogP contribution in [0.2, 0.25) is 0 Å². The van der Waals surface area contributed by atoms with E-state index in [9.17, 15) is 0 Å². The average molecular weight is 291 g/mol. The van der Waals surface area contributed by atoms with Crippen LogP contribution in [0.5, 0.6) is 5.75 Å². The highest BCUT2D eigenvalue weighted by atomic mass is 16.5. The van der Waals surface area contributed by atoms with Crippen molar-refractivity contribution in [2.45, 2.75) is 78.2 Å². The molecule has 21 heavy (non-hydrogen) atoms. The number of rotatable bonds is 11. The fourth-order valence-electron chi connectivity index (χ4n) is 2.56. The van der Waals surface area contributed by atoms with Gasteiger partial charge >= 0.3 is 0 Å². The molecule has 1 aromatic carbocycles. The normalized spacial score (nSPS) is 12.4. The SMILES string of the molecule is CCCCCCCCOc1c(C)cccc1CC(N)CC. The van der Waals surface area contributed by atoms with Crippen LogP contribution >= 0.6 is 0 Å². The van der Waals surface area contributed by atoms with Crippen LogP contribution in [0.1, 0.15) is 69.9 Å². The molecule has 0 aliphatic heterocycles. The molecule has 2 nitrogen and oxygen atoms in total. The van der Waals surface area contributed by atoms with E-state index in [1.54, 1.807) is 0 Å². The first-order valence-electron chi connectivity index (χ1n) is 8.65. The summed E-state index contributed by atoms with van der Waals surface area (Å²) in [5.74, 6) is 1.06. The van der Waals surface area contributed by atoms with Crippen LogP contribution in [0.15, 0.2) is 18.2 Å². The lowest BCUT2D eigenvalue weighted by atomic mass is 10.0. The Hall–Kier alpha value is -1.02. The van der Waals surface area contributed by atoms with Crippen molar-refractivity contribution in [3.05, 3.63) is 29.3 Å². The van der Waals surface area contributed by atoms with Gasteiger partial charge in [-0.1, -0.05) is 64.2 Å². The van der Waals surface area contributed by atoms with E-state index in [0.717, 1.165) is 31.6 Å². The van der Waals surface area contributed by atoms with Gasteiger partial charge in [0.2, 0.25) is 0 Å². The summed E-state index contributed by atoms with van der Waals surface area (Å²) in [6.45, 7) is 7.34. The summed E-state index contributed by atoms with van der Waals surface area (Å²) in [6, 6.07) is 6.60. The topological polar surface area (TPSA) is 35.2 Å². The van der Waals surface area contributed by atoms with E-state index in [1.165, 1.54) is 43.2 Å². The Morgan fingerprint density at radius 3 is 2.48 bits per heavy atom. The number of ether oxygens (including phenoxy) is 1. The third-order valence-corrected chi connectivity index (χ3v) is 4.04. The molecule has 1 atom stereocenters. The molecule has 0 aromatic heterocycles. The summed E-state index contributed by atoms with van der Waals surface area (Å²) in [4.78, 5) is 0. The summed E-state index contributed by atoms with van der Waals surface area (Å²) in [5.41, 5.74) is 8.57. The minimum atomic E-state index is 0.225. The maximum atomic E-state index is 6.09. The van der Waals surface area contributed by atoms with Gasteiger partial charge in [0.1, 0.15) is 5.75 Å². The van der Waals surface area contributed by atoms with Gasteiger partial charge in [0.05, 0.1) is 6.61 Å². The van der Waals surface area contributed by atoms with Gasteiger partial charge in [0.25, 0.3) is 0 Å². The number of unbranched alkanes of at least 4 members (excludes halogenated alkanes) is 5. The Labute approximate surface area is 131 Å². The molecular weight excluding hydrogens is 258 g/mol. The Kier molecular flexibility index (Phi) is 9.16. The van der Waals surface area contributed by atoms with Crippen LogP contribution in [0.4, 0.5) is 0 Å². The zero-order chi connectivity index (χ0) is 15.5. The van der Waals surface area contributed by atoms with Crippen LogP contribution in [0, 0.1) is 6.92 Å². The van der Waals surface area contributed by atoms with Gasteiger partial charge in [0.15, 0.2) is 0 Å². The second-order valence-corrected chi connectivity index (χ2v) is 6.05. The van der Waals surface area contributed by atoms with Crippen molar-refractivity contribution >= 4 is 0 Å². The van der Waals surface area contributed by atoms with Gasteiger partial charge < -0.3 is 10.5 Å². The van der Waals surface area contributed by atoms with E-state index in [-0.39, 0.29) is 6.04 Å². The number of benzene rings is 1. The molecule has 120 valence electrons. The fraction of sp³-hybridized carbons (Fsp3) is 0.684. The van der Waals surface area contributed by atoms with Gasteiger partial charge in [-0.05, 0) is 37.3 Å². The summed E-state index contributed by atoms with van der Waals surface area (Å²) < 4.78 is 6.06. The molecule has 1 rings (SSSR count). The highest BCUT2D eigenvalue weighted by Gasteiger charge is 2.10. The van der Waals surface area contributed by atoms with Crippen LogP contribution in [0.3, 0.4) is 0 Å². The Balaban J connectivity index is 2.42. The first-order chi connectivity index (χ1) is 10.2. The van der Waals surface area contributed by atoms with Gasteiger partial charge in [0, 0.05) is 6.04 Å². The number of hydrogen-bond acceptors (Lipinski definition) is 2. The monoisotopic (exact) mass is 291 g/mol. The molecule has 0 fully saturated rings. The van der Waals surface area contributed by atoms with Crippen molar-refractivity contribution < 1.29 is 4.74 Å². The summed E-state index contributed by atoms with van der Waals surface area (Å²) in [7, 11) is 0. The van der Waals surface area contributed by atoms with E-state index in [1.807, 2.05) is 0 Å². The van der Waals surface area contributed by atoms with Gasteiger partial charge in [-0.15, -0.1) is 0 Å². The predicted molar refractivity (Wildman–Crippen MR) is 92.0 cm³/mol. The highest BCUT2D eigenvalue weighted by molar-refractivity contribution is 5.41. The lowest BCUT2D eigenvalue weighted by Crippen LogP contribution is -2.22. The molecular formula is C19H33NO. The second kappa shape index (κ2) is 10.7. The molecule has 0 spiro atoms. The minimum absolute atomic E-state index is 0.225. The zero-order valence-electron chi connectivity index (χ0n) is 14.2. The largest absolute Gasteiger partial charge is 0.493 e. The highest BCUT2D eigenvalue weighted by Crippen LogP contribution is 2.25. The van der Waals surface area contributed by atoms with E-state index in [4.69, 9.17) is 10.5 Å². The van der Waals surface area contributed by atoms with Gasteiger partial charge in [-0.25, -0.2) is 0 Å². The summed E-state index contributed by atoms with van der Waals surface area (Å²) >= 11 is 0. The van der Waals surface area contributed by atoms with Crippen molar-refractivity contribution in [1.29, 1.82) is 0 Å². The van der Waals surface area contributed by atoms with Crippen molar-refractivity contribution in [3.63, 3.8) is 0 Å². The molecule has 0 amide bonds. The number of hydrogen-bond donors (Lipinski definition) is 1. The number of nitrogens with two attached hydrogens (primary N) is 1. The fourth-order valence-corrected chi connectivity index (χ4v) is 2.56. The average Bonchev–Trinajstić information content (AvgIpc) is 2.48. The molecule has 0 aliphatic rings. The smallest absolute Gasteiger partial charge is 0.125 e. The molecule has 2 heteroatoms. The minimum Gasteiger partial charge on any atom is -0.493 e. The number of para-hydroxylation sites is 1. The van der Waals surface area contributed by atoms with Crippen molar-refractivity contribution in [3.8, 4) is 5.75 Å². The quantitative estimate of drug-likeness (QED) is 0.581. The van der Waals surface area contributed by atoms with E-state index < -0.39 is 0 Å². The molecule has 2 N–H and O–H groups in total. The van der Waals surface area contributed by atoms with E-state index >= 15 is 0 Å². The van der Waals surface area contributed by atoms with Crippen molar-refractivity contribution in [2.75, 3.05) is 6.61 Å². The Morgan fingerprint density at radius 1 is 1.05 bits per heavy atom. The molecule has 0 heterocycles. The van der Waals surface area contributed by atoms with Gasteiger partial charge in [-0.3, -0.25) is 0 Å². The maximum absolute atomic E-state index is 6.09. The van der Waals surface area contributed by atoms with Crippen molar-refractivity contribution in [2.24, 2.45) is 5.73 Å². The molecule has 0 saturated carbocycles. The molecule has 1 unspecified atom stereocenters. The van der Waals surface area contributed by atoms with Gasteiger partial charge in [-0.2, -0.15) is 0 Å². The first-order valence-corrected chi connectivity index (χ1v) is 8.65. The summed E-state index contributed by atoms with van der Waals surface area (Å²) in [5, 5.41) is 0. The summed E-state index contributed by atoms with van der Waals surface area (Å²) in [6.07, 6.45) is 9.69. The van der Waals surface area contributed by atoms with E-state index in [2.05, 4.69) is 39.0 Å². The van der Waals surface area contributed by atoms with Crippen LogP contribution < -0.4 is 10.5 Å². The zero-order valence-corrected chi connectivity index (χ0v) is 14.2. The first kappa shape index (κ1) is 18.0. The molecule has 0 saturated heterocycles. The van der Waals surface area contributed by atoms with Crippen LogP contribution in [-0.4, -0.2) is 12.6 Å². The molecule has 0 radical (unpaired) electrons. The third-order valence-electron chi connectivity index (χ3n) is 4.04. The lowest BCUT2D eigenvalue weighted by molar-refractivity contribution is 0.299. The predicted octanol–water partition coefficient (Wildman–Crippen LogP) is 5.01.